The first-order valence-electron chi connectivity index (χ1n) is 8.39. The van der Waals surface area contributed by atoms with Gasteiger partial charge in [0.2, 0.25) is 0 Å². The van der Waals surface area contributed by atoms with Crippen LogP contribution in [-0.4, -0.2) is 42.3 Å². The summed E-state index contributed by atoms with van der Waals surface area (Å²) in [5.74, 6) is 0.536. The summed E-state index contributed by atoms with van der Waals surface area (Å²) in [6.07, 6.45) is 4.49. The molecule has 22 heavy (non-hydrogen) atoms. The Morgan fingerprint density at radius 3 is 2.41 bits per heavy atom. The summed E-state index contributed by atoms with van der Waals surface area (Å²) in [7, 11) is 0. The second kappa shape index (κ2) is 6.47. The van der Waals surface area contributed by atoms with Gasteiger partial charge in [-0.15, -0.1) is 0 Å². The average Bonchev–Trinajstić information content (AvgIpc) is 3.08. The van der Waals surface area contributed by atoms with Gasteiger partial charge in [-0.3, -0.25) is 4.79 Å². The maximum atomic E-state index is 12.1. The van der Waals surface area contributed by atoms with Crippen LogP contribution in [-0.2, 0) is 14.3 Å². The summed E-state index contributed by atoms with van der Waals surface area (Å²) < 4.78 is 10.4. The van der Waals surface area contributed by atoms with Crippen LogP contribution in [0.2, 0.25) is 0 Å². The van der Waals surface area contributed by atoms with Crippen LogP contribution in [0.25, 0.3) is 0 Å². The number of piperidine rings is 1. The van der Waals surface area contributed by atoms with E-state index in [4.69, 9.17) is 9.47 Å². The van der Waals surface area contributed by atoms with E-state index in [2.05, 4.69) is 0 Å². The van der Waals surface area contributed by atoms with Gasteiger partial charge in [-0.25, -0.2) is 4.79 Å². The van der Waals surface area contributed by atoms with Crippen molar-refractivity contribution >= 4 is 12.1 Å². The van der Waals surface area contributed by atoms with E-state index >= 15 is 0 Å². The number of hydrogen-bond acceptors (Lipinski definition) is 4. The molecule has 5 nitrogen and oxygen atoms in total. The van der Waals surface area contributed by atoms with E-state index in [0.717, 1.165) is 32.4 Å². The Labute approximate surface area is 133 Å². The Morgan fingerprint density at radius 1 is 1.23 bits per heavy atom. The Kier molecular flexibility index (Phi) is 5.03. The summed E-state index contributed by atoms with van der Waals surface area (Å²) in [4.78, 5) is 25.3. The molecule has 1 saturated heterocycles. The van der Waals surface area contributed by atoms with E-state index in [-0.39, 0.29) is 12.1 Å². The molecule has 1 aliphatic heterocycles. The number of nitrogens with zero attached hydrogens (tertiary/aromatic N) is 1. The quantitative estimate of drug-likeness (QED) is 0.747. The van der Waals surface area contributed by atoms with Crippen molar-refractivity contribution in [1.82, 2.24) is 4.90 Å². The van der Waals surface area contributed by atoms with Crippen LogP contribution in [0, 0.1) is 11.3 Å². The van der Waals surface area contributed by atoms with Gasteiger partial charge in [0.1, 0.15) is 5.60 Å². The molecule has 1 heterocycles. The van der Waals surface area contributed by atoms with Gasteiger partial charge in [0.25, 0.3) is 0 Å². The lowest BCUT2D eigenvalue weighted by atomic mass is 9.90. The molecule has 0 bridgehead atoms. The molecule has 1 saturated carbocycles. The minimum absolute atomic E-state index is 0.0873. The van der Waals surface area contributed by atoms with Crippen molar-refractivity contribution in [2.24, 2.45) is 11.3 Å². The SMILES string of the molecule is CCOC(=O)CCC1CC12CCN(C(=O)OC(C)(C)C)CC2. The summed E-state index contributed by atoms with van der Waals surface area (Å²) >= 11 is 0. The van der Waals surface area contributed by atoms with Crippen molar-refractivity contribution in [3.05, 3.63) is 0 Å². The molecular formula is C17H29NO4. The van der Waals surface area contributed by atoms with Crippen molar-refractivity contribution in [2.45, 2.75) is 65.4 Å². The molecule has 2 fully saturated rings. The number of rotatable bonds is 4. The maximum absolute atomic E-state index is 12.1. The highest BCUT2D eigenvalue weighted by Crippen LogP contribution is 2.61. The Balaban J connectivity index is 1.72. The molecule has 1 unspecified atom stereocenters. The third-order valence-electron chi connectivity index (χ3n) is 4.77. The molecule has 1 spiro atoms. The van der Waals surface area contributed by atoms with E-state index in [1.54, 1.807) is 0 Å². The highest BCUT2D eigenvalue weighted by atomic mass is 16.6. The number of carbonyl (C=O) groups excluding carboxylic acids is 2. The standard InChI is InChI=1S/C17H29NO4/c1-5-21-14(19)7-6-13-12-17(13)8-10-18(11-9-17)15(20)22-16(2,3)4/h13H,5-12H2,1-4H3. The molecule has 0 aromatic heterocycles. The fraction of sp³-hybridized carbons (Fsp3) is 0.882. The van der Waals surface area contributed by atoms with Gasteiger partial charge in [0.15, 0.2) is 0 Å². The maximum Gasteiger partial charge on any atom is 0.410 e. The molecule has 1 amide bonds. The largest absolute Gasteiger partial charge is 0.466 e. The first-order valence-corrected chi connectivity index (χ1v) is 8.39. The van der Waals surface area contributed by atoms with Crippen LogP contribution in [0.5, 0.6) is 0 Å². The summed E-state index contributed by atoms with van der Waals surface area (Å²) in [5, 5.41) is 0. The predicted molar refractivity (Wildman–Crippen MR) is 83.4 cm³/mol. The van der Waals surface area contributed by atoms with E-state index in [0.29, 0.717) is 24.4 Å². The Bertz CT molecular complexity index is 419. The second-order valence-corrected chi connectivity index (χ2v) is 7.57. The number of ether oxygens (including phenoxy) is 2. The lowest BCUT2D eigenvalue weighted by Crippen LogP contribution is -2.42. The molecule has 0 aromatic rings. The zero-order valence-corrected chi connectivity index (χ0v) is 14.3. The molecule has 0 radical (unpaired) electrons. The number of hydrogen-bond donors (Lipinski definition) is 0. The normalized spacial score (nSPS) is 23.3. The number of likely N-dealkylation sites (tertiary alicyclic amines) is 1. The molecule has 126 valence electrons. The fourth-order valence-corrected chi connectivity index (χ4v) is 3.44. The molecule has 2 rings (SSSR count). The molecule has 1 aliphatic carbocycles. The van der Waals surface area contributed by atoms with Gasteiger partial charge in [-0.05, 0) is 64.7 Å². The molecule has 5 heteroatoms. The van der Waals surface area contributed by atoms with Crippen LogP contribution in [0.1, 0.15) is 59.8 Å². The lowest BCUT2D eigenvalue weighted by molar-refractivity contribution is -0.143. The van der Waals surface area contributed by atoms with Gasteiger partial charge in [-0.1, -0.05) is 0 Å². The highest BCUT2D eigenvalue weighted by molar-refractivity contribution is 5.69. The van der Waals surface area contributed by atoms with Crippen molar-refractivity contribution in [1.29, 1.82) is 0 Å². The van der Waals surface area contributed by atoms with E-state index < -0.39 is 5.60 Å². The van der Waals surface area contributed by atoms with Crippen LogP contribution in [0.3, 0.4) is 0 Å². The fourth-order valence-electron chi connectivity index (χ4n) is 3.44. The highest BCUT2D eigenvalue weighted by Gasteiger charge is 2.54. The number of esters is 1. The Hall–Kier alpha value is -1.26. The molecule has 1 atom stereocenters. The van der Waals surface area contributed by atoms with Gasteiger partial charge >= 0.3 is 12.1 Å². The van der Waals surface area contributed by atoms with Crippen LogP contribution < -0.4 is 0 Å². The molecular weight excluding hydrogens is 282 g/mol. The first kappa shape index (κ1) is 17.1. The van der Waals surface area contributed by atoms with Crippen molar-refractivity contribution in [3.63, 3.8) is 0 Å². The van der Waals surface area contributed by atoms with E-state index in [9.17, 15) is 9.59 Å². The van der Waals surface area contributed by atoms with Crippen LogP contribution >= 0.6 is 0 Å². The van der Waals surface area contributed by atoms with Crippen molar-refractivity contribution in [3.8, 4) is 0 Å². The van der Waals surface area contributed by atoms with Crippen molar-refractivity contribution in [2.75, 3.05) is 19.7 Å². The third-order valence-corrected chi connectivity index (χ3v) is 4.77. The van der Waals surface area contributed by atoms with Gasteiger partial charge in [-0.2, -0.15) is 0 Å². The number of carbonyl (C=O) groups is 2. The summed E-state index contributed by atoms with van der Waals surface area (Å²) in [6.45, 7) is 9.51. The number of amides is 1. The smallest absolute Gasteiger partial charge is 0.410 e. The van der Waals surface area contributed by atoms with Gasteiger partial charge in [0.05, 0.1) is 6.61 Å². The summed E-state index contributed by atoms with van der Waals surface area (Å²) in [6, 6.07) is 0. The zero-order chi connectivity index (χ0) is 16.4. The van der Waals surface area contributed by atoms with Crippen LogP contribution in [0.4, 0.5) is 4.79 Å². The molecule has 0 aromatic carbocycles. The predicted octanol–water partition coefficient (Wildman–Crippen LogP) is 3.37. The Morgan fingerprint density at radius 2 is 1.86 bits per heavy atom. The van der Waals surface area contributed by atoms with Crippen molar-refractivity contribution < 1.29 is 19.1 Å². The average molecular weight is 311 g/mol. The minimum atomic E-state index is -0.437. The second-order valence-electron chi connectivity index (χ2n) is 7.57. The topological polar surface area (TPSA) is 55.8 Å². The van der Waals surface area contributed by atoms with Crippen LogP contribution in [0.15, 0.2) is 0 Å². The van der Waals surface area contributed by atoms with E-state index in [1.165, 1.54) is 6.42 Å². The lowest BCUT2D eigenvalue weighted by Gasteiger charge is -2.34. The van der Waals surface area contributed by atoms with Gasteiger partial charge in [0, 0.05) is 19.5 Å². The zero-order valence-electron chi connectivity index (χ0n) is 14.3. The van der Waals surface area contributed by atoms with Gasteiger partial charge < -0.3 is 14.4 Å². The molecule has 2 aliphatic rings. The molecule has 0 N–H and O–H groups in total. The van der Waals surface area contributed by atoms with E-state index in [1.807, 2.05) is 32.6 Å². The first-order chi connectivity index (χ1) is 10.3. The minimum Gasteiger partial charge on any atom is -0.466 e. The third kappa shape index (κ3) is 4.37. The summed E-state index contributed by atoms with van der Waals surface area (Å²) in [5.41, 5.74) is -0.0705. The monoisotopic (exact) mass is 311 g/mol.